The van der Waals surface area contributed by atoms with Crippen LogP contribution in [0, 0.1) is 0 Å². The van der Waals surface area contributed by atoms with Gasteiger partial charge in [-0.05, 0) is 42.9 Å². The fraction of sp³-hybridized carbons (Fsp3) is 0.571. The van der Waals surface area contributed by atoms with Crippen molar-refractivity contribution in [1.82, 2.24) is 4.72 Å². The molecule has 4 nitrogen and oxygen atoms in total. The third kappa shape index (κ3) is 3.35. The van der Waals surface area contributed by atoms with Gasteiger partial charge in [-0.1, -0.05) is 26.0 Å². The molecule has 0 aliphatic heterocycles. The molecule has 1 aromatic rings. The Hall–Kier alpha value is -0.910. The van der Waals surface area contributed by atoms with Crippen molar-refractivity contribution in [1.29, 1.82) is 0 Å². The summed E-state index contributed by atoms with van der Waals surface area (Å²) >= 11 is 0. The van der Waals surface area contributed by atoms with Crippen molar-refractivity contribution in [2.45, 2.75) is 56.1 Å². The number of hydrogen-bond donors (Lipinski definition) is 2. The van der Waals surface area contributed by atoms with Crippen LogP contribution in [0.2, 0.25) is 0 Å². The Kier molecular flexibility index (Phi) is 4.28. The van der Waals surface area contributed by atoms with E-state index in [0.29, 0.717) is 23.7 Å². The quantitative estimate of drug-likeness (QED) is 0.868. The van der Waals surface area contributed by atoms with E-state index in [1.807, 2.05) is 12.1 Å². The van der Waals surface area contributed by atoms with Gasteiger partial charge in [-0.15, -0.1) is 0 Å². The molecule has 2 N–H and O–H groups in total. The van der Waals surface area contributed by atoms with Crippen molar-refractivity contribution in [3.8, 4) is 0 Å². The van der Waals surface area contributed by atoms with Crippen LogP contribution in [0.1, 0.15) is 44.6 Å². The maximum absolute atomic E-state index is 12.1. The maximum atomic E-state index is 12.1. The lowest BCUT2D eigenvalue weighted by Gasteiger charge is -2.31. The highest BCUT2D eigenvalue weighted by Crippen LogP contribution is 2.23. The first kappa shape index (κ1) is 14.5. The van der Waals surface area contributed by atoms with Crippen LogP contribution in [-0.4, -0.2) is 25.7 Å². The maximum Gasteiger partial charge on any atom is 0.240 e. The summed E-state index contributed by atoms with van der Waals surface area (Å²) in [5.41, 5.74) is 1.15. The number of rotatable bonds is 5. The van der Waals surface area contributed by atoms with Gasteiger partial charge in [0.05, 0.1) is 11.0 Å². The Labute approximate surface area is 114 Å². The number of aliphatic hydroxyl groups excluding tert-OH is 1. The minimum Gasteiger partial charge on any atom is -0.393 e. The molecule has 0 aromatic heterocycles. The molecular weight excluding hydrogens is 262 g/mol. The summed E-state index contributed by atoms with van der Waals surface area (Å²) in [6.45, 7) is 4.23. The molecule has 0 radical (unpaired) electrons. The van der Waals surface area contributed by atoms with Gasteiger partial charge in [-0.3, -0.25) is 0 Å². The van der Waals surface area contributed by atoms with E-state index in [9.17, 15) is 13.5 Å². The van der Waals surface area contributed by atoms with Crippen LogP contribution in [0.3, 0.4) is 0 Å². The summed E-state index contributed by atoms with van der Waals surface area (Å²) in [5, 5.41) is 9.18. The lowest BCUT2D eigenvalue weighted by Crippen LogP contribution is -2.46. The molecule has 0 heterocycles. The number of benzene rings is 1. The van der Waals surface area contributed by atoms with Gasteiger partial charge in [0.25, 0.3) is 0 Å². The fourth-order valence-electron chi connectivity index (χ4n) is 2.18. The van der Waals surface area contributed by atoms with Gasteiger partial charge in [0, 0.05) is 6.04 Å². The SMILES string of the molecule is CCC(C)c1ccc(S(=O)(=O)NC2CC(O)C2)cc1. The highest BCUT2D eigenvalue weighted by Gasteiger charge is 2.31. The lowest BCUT2D eigenvalue weighted by atomic mass is 9.91. The number of sulfonamides is 1. The lowest BCUT2D eigenvalue weighted by molar-refractivity contribution is 0.0712. The van der Waals surface area contributed by atoms with Crippen molar-refractivity contribution < 1.29 is 13.5 Å². The van der Waals surface area contributed by atoms with E-state index in [1.165, 1.54) is 0 Å². The smallest absolute Gasteiger partial charge is 0.240 e. The molecule has 19 heavy (non-hydrogen) atoms. The first-order valence-electron chi connectivity index (χ1n) is 6.72. The van der Waals surface area contributed by atoms with Crippen LogP contribution in [-0.2, 0) is 10.0 Å². The molecule has 5 heteroatoms. The van der Waals surface area contributed by atoms with Crippen molar-refractivity contribution in [3.05, 3.63) is 29.8 Å². The van der Waals surface area contributed by atoms with Gasteiger partial charge in [0.15, 0.2) is 0 Å². The van der Waals surface area contributed by atoms with Gasteiger partial charge < -0.3 is 5.11 Å². The van der Waals surface area contributed by atoms with Crippen molar-refractivity contribution in [2.24, 2.45) is 0 Å². The molecule has 1 saturated carbocycles. The van der Waals surface area contributed by atoms with E-state index in [-0.39, 0.29) is 12.1 Å². The summed E-state index contributed by atoms with van der Waals surface area (Å²) in [5.74, 6) is 0.437. The highest BCUT2D eigenvalue weighted by molar-refractivity contribution is 7.89. The van der Waals surface area contributed by atoms with Gasteiger partial charge in [0.2, 0.25) is 10.0 Å². The van der Waals surface area contributed by atoms with E-state index in [1.54, 1.807) is 12.1 Å². The first-order valence-corrected chi connectivity index (χ1v) is 8.21. The van der Waals surface area contributed by atoms with Gasteiger partial charge >= 0.3 is 0 Å². The zero-order valence-corrected chi connectivity index (χ0v) is 12.2. The number of nitrogens with one attached hydrogen (secondary N) is 1. The minimum atomic E-state index is -3.45. The normalized spacial score (nSPS) is 24.8. The molecule has 0 spiro atoms. The van der Waals surface area contributed by atoms with Gasteiger partial charge in [-0.25, -0.2) is 13.1 Å². The van der Waals surface area contributed by atoms with E-state index in [0.717, 1.165) is 12.0 Å². The fourth-order valence-corrected chi connectivity index (χ4v) is 3.44. The van der Waals surface area contributed by atoms with E-state index in [2.05, 4.69) is 18.6 Å². The summed E-state index contributed by atoms with van der Waals surface area (Å²) in [6, 6.07) is 6.92. The Morgan fingerprint density at radius 1 is 1.32 bits per heavy atom. The zero-order valence-electron chi connectivity index (χ0n) is 11.3. The van der Waals surface area contributed by atoms with Crippen molar-refractivity contribution in [2.75, 3.05) is 0 Å². The molecule has 1 fully saturated rings. The molecule has 1 aliphatic carbocycles. The van der Waals surface area contributed by atoms with Crippen LogP contribution in [0.5, 0.6) is 0 Å². The Bertz CT molecular complexity index is 518. The second-order valence-corrected chi connectivity index (χ2v) is 7.04. The third-order valence-electron chi connectivity index (χ3n) is 3.81. The summed E-state index contributed by atoms with van der Waals surface area (Å²) < 4.78 is 26.8. The monoisotopic (exact) mass is 283 g/mol. The molecule has 1 aliphatic rings. The Balaban J connectivity index is 2.08. The largest absolute Gasteiger partial charge is 0.393 e. The molecule has 0 saturated heterocycles. The Morgan fingerprint density at radius 2 is 1.89 bits per heavy atom. The van der Waals surface area contributed by atoms with Gasteiger partial charge in [-0.2, -0.15) is 0 Å². The van der Waals surface area contributed by atoms with Crippen LogP contribution in [0.25, 0.3) is 0 Å². The standard InChI is InChI=1S/C14H21NO3S/c1-3-10(2)11-4-6-14(7-5-11)19(17,18)15-12-8-13(16)9-12/h4-7,10,12-13,15-16H,3,8-9H2,1-2H3. The van der Waals surface area contributed by atoms with Gasteiger partial charge in [0.1, 0.15) is 0 Å². The third-order valence-corrected chi connectivity index (χ3v) is 5.34. The van der Waals surface area contributed by atoms with Crippen LogP contribution >= 0.6 is 0 Å². The molecule has 1 unspecified atom stereocenters. The summed E-state index contributed by atoms with van der Waals surface area (Å²) in [6.07, 6.45) is 1.68. The molecule has 2 rings (SSSR count). The topological polar surface area (TPSA) is 66.4 Å². The van der Waals surface area contributed by atoms with Crippen molar-refractivity contribution in [3.63, 3.8) is 0 Å². The second kappa shape index (κ2) is 5.61. The average molecular weight is 283 g/mol. The van der Waals surface area contributed by atoms with Crippen LogP contribution in [0.15, 0.2) is 29.2 Å². The minimum absolute atomic E-state index is 0.130. The highest BCUT2D eigenvalue weighted by atomic mass is 32.2. The van der Waals surface area contributed by atoms with E-state index in [4.69, 9.17) is 0 Å². The van der Waals surface area contributed by atoms with Crippen molar-refractivity contribution >= 4 is 10.0 Å². The predicted octanol–water partition coefficient (Wildman–Crippen LogP) is 2.00. The zero-order chi connectivity index (χ0) is 14.0. The average Bonchev–Trinajstić information content (AvgIpc) is 2.36. The molecule has 1 atom stereocenters. The predicted molar refractivity (Wildman–Crippen MR) is 74.5 cm³/mol. The van der Waals surface area contributed by atoms with E-state index < -0.39 is 10.0 Å². The summed E-state index contributed by atoms with van der Waals surface area (Å²) in [7, 11) is -3.45. The number of hydrogen-bond acceptors (Lipinski definition) is 3. The second-order valence-electron chi connectivity index (χ2n) is 5.32. The Morgan fingerprint density at radius 3 is 2.37 bits per heavy atom. The molecule has 0 bridgehead atoms. The van der Waals surface area contributed by atoms with Crippen LogP contribution in [0.4, 0.5) is 0 Å². The first-order chi connectivity index (χ1) is 8.92. The van der Waals surface area contributed by atoms with E-state index >= 15 is 0 Å². The molecular formula is C14H21NO3S. The van der Waals surface area contributed by atoms with Crippen LogP contribution < -0.4 is 4.72 Å². The molecule has 106 valence electrons. The number of aliphatic hydroxyl groups is 1. The molecule has 0 amide bonds. The summed E-state index contributed by atoms with van der Waals surface area (Å²) in [4.78, 5) is 0.293. The molecule has 1 aromatic carbocycles.